The number of aryl methyl sites for hydroxylation is 1. The molecule has 0 aliphatic carbocycles. The summed E-state index contributed by atoms with van der Waals surface area (Å²) in [5.41, 5.74) is 1.56. The lowest BCUT2D eigenvalue weighted by molar-refractivity contribution is -0.125. The monoisotopic (exact) mass is 220 g/mol. The van der Waals surface area contributed by atoms with Crippen LogP contribution in [0.5, 0.6) is 0 Å². The van der Waals surface area contributed by atoms with Gasteiger partial charge in [0.05, 0.1) is 5.69 Å². The molecule has 0 aliphatic heterocycles. The number of rotatable bonds is 4. The Morgan fingerprint density at radius 2 is 1.88 bits per heavy atom. The first-order valence-corrected chi connectivity index (χ1v) is 5.76. The average Bonchev–Trinajstić information content (AvgIpc) is 2.17. The topological polar surface area (TPSA) is 42.9 Å². The molecule has 1 rings (SSSR count). The lowest BCUT2D eigenvalue weighted by atomic mass is 9.88. The van der Waals surface area contributed by atoms with Gasteiger partial charge in [0.1, 0.15) is 12.1 Å². The number of nitrogens with zero attached hydrogens (tertiary/aromatic N) is 2. The number of Topliss-reactive ketones (excluding diaryl/α,β-unsaturated/α-hetero) is 1. The van der Waals surface area contributed by atoms with Crippen molar-refractivity contribution in [1.29, 1.82) is 0 Å². The van der Waals surface area contributed by atoms with Gasteiger partial charge in [-0.25, -0.2) is 9.97 Å². The van der Waals surface area contributed by atoms with E-state index in [1.807, 2.05) is 26.8 Å². The molecule has 0 saturated carbocycles. The van der Waals surface area contributed by atoms with Crippen molar-refractivity contribution in [1.82, 2.24) is 9.97 Å². The molecule has 3 heteroatoms. The first kappa shape index (κ1) is 12.8. The quantitative estimate of drug-likeness (QED) is 0.783. The third-order valence-corrected chi connectivity index (χ3v) is 2.46. The van der Waals surface area contributed by atoms with E-state index < -0.39 is 0 Å². The van der Waals surface area contributed by atoms with Crippen molar-refractivity contribution >= 4 is 5.78 Å². The summed E-state index contributed by atoms with van der Waals surface area (Å²) in [5, 5.41) is 0. The summed E-state index contributed by atoms with van der Waals surface area (Å²) in [6.45, 7) is 7.92. The van der Waals surface area contributed by atoms with Gasteiger partial charge < -0.3 is 0 Å². The predicted molar refractivity (Wildman–Crippen MR) is 64.2 cm³/mol. The number of hydrogen-bond donors (Lipinski definition) is 0. The first-order valence-electron chi connectivity index (χ1n) is 5.76. The second kappa shape index (κ2) is 5.19. The highest BCUT2D eigenvalue weighted by Crippen LogP contribution is 2.17. The summed E-state index contributed by atoms with van der Waals surface area (Å²) < 4.78 is 0. The molecule has 0 fully saturated rings. The van der Waals surface area contributed by atoms with Gasteiger partial charge in [0.25, 0.3) is 0 Å². The van der Waals surface area contributed by atoms with E-state index in [1.54, 1.807) is 6.33 Å². The Hall–Kier alpha value is -1.25. The minimum atomic E-state index is -0.296. The van der Waals surface area contributed by atoms with Gasteiger partial charge in [-0.1, -0.05) is 34.1 Å². The molecule has 16 heavy (non-hydrogen) atoms. The highest BCUT2D eigenvalue weighted by atomic mass is 16.1. The van der Waals surface area contributed by atoms with Crippen molar-refractivity contribution in [3.05, 3.63) is 23.8 Å². The van der Waals surface area contributed by atoms with E-state index in [0.29, 0.717) is 6.42 Å². The molecule has 1 aromatic rings. The van der Waals surface area contributed by atoms with Gasteiger partial charge in [-0.3, -0.25) is 4.79 Å². The van der Waals surface area contributed by atoms with Gasteiger partial charge in [0, 0.05) is 17.5 Å². The normalized spacial score (nSPS) is 11.5. The van der Waals surface area contributed by atoms with Crippen LogP contribution in [0.2, 0.25) is 0 Å². The van der Waals surface area contributed by atoms with Gasteiger partial charge in [-0.15, -0.1) is 0 Å². The van der Waals surface area contributed by atoms with Crippen LogP contribution in [0, 0.1) is 5.41 Å². The number of ketones is 1. The van der Waals surface area contributed by atoms with Gasteiger partial charge in [0.15, 0.2) is 0 Å². The van der Waals surface area contributed by atoms with Gasteiger partial charge >= 0.3 is 0 Å². The fourth-order valence-corrected chi connectivity index (χ4v) is 1.36. The molecule has 0 unspecified atom stereocenters. The molecule has 0 radical (unpaired) electrons. The van der Waals surface area contributed by atoms with Crippen molar-refractivity contribution in [3.8, 4) is 0 Å². The van der Waals surface area contributed by atoms with E-state index in [0.717, 1.165) is 24.2 Å². The maximum atomic E-state index is 11.8. The van der Waals surface area contributed by atoms with Crippen molar-refractivity contribution < 1.29 is 4.79 Å². The van der Waals surface area contributed by atoms with Crippen molar-refractivity contribution in [3.63, 3.8) is 0 Å². The minimum absolute atomic E-state index is 0.216. The van der Waals surface area contributed by atoms with Crippen LogP contribution in [0.15, 0.2) is 12.4 Å². The molecule has 0 spiro atoms. The standard InChI is InChI=1S/C13H20N2O/c1-5-6-10-7-11(15-9-14-10)8-12(16)13(2,3)4/h7,9H,5-6,8H2,1-4H3. The Bertz CT molecular complexity index is 366. The maximum absolute atomic E-state index is 11.8. The van der Waals surface area contributed by atoms with Crippen LogP contribution < -0.4 is 0 Å². The summed E-state index contributed by atoms with van der Waals surface area (Å²) in [4.78, 5) is 20.2. The van der Waals surface area contributed by atoms with Crippen LogP contribution in [0.4, 0.5) is 0 Å². The second-order valence-electron chi connectivity index (χ2n) is 5.10. The Labute approximate surface area is 97.3 Å². The number of carbonyl (C=O) groups is 1. The van der Waals surface area contributed by atoms with Crippen molar-refractivity contribution in [2.24, 2.45) is 5.41 Å². The number of hydrogen-bond acceptors (Lipinski definition) is 3. The third kappa shape index (κ3) is 3.72. The van der Waals surface area contributed by atoms with Crippen LogP contribution in [0.1, 0.15) is 45.5 Å². The lowest BCUT2D eigenvalue weighted by Gasteiger charge is -2.16. The van der Waals surface area contributed by atoms with Crippen LogP contribution in [-0.2, 0) is 17.6 Å². The molecule has 0 saturated heterocycles. The van der Waals surface area contributed by atoms with E-state index in [9.17, 15) is 4.79 Å². The molecule has 3 nitrogen and oxygen atoms in total. The third-order valence-electron chi connectivity index (χ3n) is 2.46. The zero-order chi connectivity index (χ0) is 12.2. The van der Waals surface area contributed by atoms with E-state index in [-0.39, 0.29) is 11.2 Å². The Balaban J connectivity index is 2.74. The summed E-state index contributed by atoms with van der Waals surface area (Å²) in [5.74, 6) is 0.216. The number of carbonyl (C=O) groups excluding carboxylic acids is 1. The Morgan fingerprint density at radius 3 is 2.44 bits per heavy atom. The molecular weight excluding hydrogens is 200 g/mol. The summed E-state index contributed by atoms with van der Waals surface area (Å²) in [6, 6.07) is 1.94. The molecule has 0 atom stereocenters. The largest absolute Gasteiger partial charge is 0.299 e. The molecular formula is C13H20N2O. The van der Waals surface area contributed by atoms with E-state index in [2.05, 4.69) is 16.9 Å². The fourth-order valence-electron chi connectivity index (χ4n) is 1.36. The summed E-state index contributed by atoms with van der Waals surface area (Å²) >= 11 is 0. The predicted octanol–water partition coefficient (Wildman–Crippen LogP) is 2.59. The molecule has 88 valence electrons. The highest BCUT2D eigenvalue weighted by Gasteiger charge is 2.21. The highest BCUT2D eigenvalue weighted by molar-refractivity contribution is 5.85. The smallest absolute Gasteiger partial charge is 0.144 e. The molecule has 0 aromatic carbocycles. The van der Waals surface area contributed by atoms with Crippen LogP contribution in [-0.4, -0.2) is 15.8 Å². The van der Waals surface area contributed by atoms with Crippen LogP contribution in [0.25, 0.3) is 0 Å². The zero-order valence-corrected chi connectivity index (χ0v) is 10.6. The van der Waals surface area contributed by atoms with Gasteiger partial charge in [-0.05, 0) is 12.5 Å². The molecule has 0 bridgehead atoms. The molecule has 0 amide bonds. The summed E-state index contributed by atoms with van der Waals surface area (Å²) in [7, 11) is 0. The SMILES string of the molecule is CCCc1cc(CC(=O)C(C)(C)C)ncn1. The maximum Gasteiger partial charge on any atom is 0.144 e. The first-order chi connectivity index (χ1) is 7.43. The minimum Gasteiger partial charge on any atom is -0.299 e. The molecule has 0 N–H and O–H groups in total. The fraction of sp³-hybridized carbons (Fsp3) is 0.615. The van der Waals surface area contributed by atoms with E-state index >= 15 is 0 Å². The van der Waals surface area contributed by atoms with Gasteiger partial charge in [0.2, 0.25) is 0 Å². The van der Waals surface area contributed by atoms with Crippen LogP contribution in [0.3, 0.4) is 0 Å². The van der Waals surface area contributed by atoms with Crippen LogP contribution >= 0.6 is 0 Å². The number of aromatic nitrogens is 2. The average molecular weight is 220 g/mol. The lowest BCUT2D eigenvalue weighted by Crippen LogP contribution is -2.22. The molecule has 1 heterocycles. The van der Waals surface area contributed by atoms with Crippen molar-refractivity contribution in [2.45, 2.75) is 47.0 Å². The second-order valence-corrected chi connectivity index (χ2v) is 5.10. The Kier molecular flexibility index (Phi) is 4.16. The molecule has 0 aliphatic rings. The van der Waals surface area contributed by atoms with Gasteiger partial charge in [-0.2, -0.15) is 0 Å². The van der Waals surface area contributed by atoms with E-state index in [4.69, 9.17) is 0 Å². The summed E-state index contributed by atoms with van der Waals surface area (Å²) in [6.07, 6.45) is 3.96. The Morgan fingerprint density at radius 1 is 1.25 bits per heavy atom. The zero-order valence-electron chi connectivity index (χ0n) is 10.6. The molecule has 1 aromatic heterocycles. The van der Waals surface area contributed by atoms with Crippen molar-refractivity contribution in [2.75, 3.05) is 0 Å². The van der Waals surface area contributed by atoms with E-state index in [1.165, 1.54) is 0 Å².